The predicted octanol–water partition coefficient (Wildman–Crippen LogP) is -0.154. The van der Waals surface area contributed by atoms with Gasteiger partial charge in [-0.05, 0) is 13.3 Å². The van der Waals surface area contributed by atoms with Crippen LogP contribution in [0.4, 0.5) is 0 Å². The van der Waals surface area contributed by atoms with Gasteiger partial charge in [0.2, 0.25) is 0 Å². The van der Waals surface area contributed by atoms with Crippen molar-refractivity contribution in [3.05, 3.63) is 0 Å². The van der Waals surface area contributed by atoms with Crippen molar-refractivity contribution < 1.29 is 24.6 Å². The SMILES string of the molecule is CCONC(CCC(=O)O)C(=O)O. The second kappa shape index (κ2) is 6.38. The van der Waals surface area contributed by atoms with Crippen molar-refractivity contribution in [2.75, 3.05) is 6.61 Å². The van der Waals surface area contributed by atoms with E-state index < -0.39 is 18.0 Å². The molecule has 0 fully saturated rings. The van der Waals surface area contributed by atoms with Crippen molar-refractivity contribution in [1.82, 2.24) is 5.48 Å². The Labute approximate surface area is 75.5 Å². The van der Waals surface area contributed by atoms with Gasteiger partial charge < -0.3 is 15.1 Å². The number of carbonyl (C=O) groups is 2. The molecule has 0 aromatic carbocycles. The highest BCUT2D eigenvalue weighted by atomic mass is 16.6. The first-order chi connectivity index (χ1) is 6.07. The predicted molar refractivity (Wildman–Crippen MR) is 43.1 cm³/mol. The van der Waals surface area contributed by atoms with E-state index >= 15 is 0 Å². The fourth-order valence-electron chi connectivity index (χ4n) is 0.685. The first kappa shape index (κ1) is 11.9. The summed E-state index contributed by atoms with van der Waals surface area (Å²) in [4.78, 5) is 25.3. The largest absolute Gasteiger partial charge is 0.481 e. The van der Waals surface area contributed by atoms with Crippen LogP contribution in [0.2, 0.25) is 0 Å². The molecule has 0 saturated heterocycles. The summed E-state index contributed by atoms with van der Waals surface area (Å²) in [7, 11) is 0. The Morgan fingerprint density at radius 2 is 2.08 bits per heavy atom. The van der Waals surface area contributed by atoms with Crippen LogP contribution < -0.4 is 5.48 Å². The molecule has 0 spiro atoms. The number of aliphatic carboxylic acids is 2. The van der Waals surface area contributed by atoms with Crippen molar-refractivity contribution in [2.24, 2.45) is 0 Å². The minimum atomic E-state index is -1.12. The van der Waals surface area contributed by atoms with Gasteiger partial charge in [-0.2, -0.15) is 5.48 Å². The summed E-state index contributed by atoms with van der Waals surface area (Å²) < 4.78 is 0. The Bertz CT molecular complexity index is 182. The topological polar surface area (TPSA) is 95.9 Å². The van der Waals surface area contributed by atoms with Gasteiger partial charge in [-0.1, -0.05) is 0 Å². The Balaban J connectivity index is 3.80. The molecule has 1 unspecified atom stereocenters. The van der Waals surface area contributed by atoms with E-state index in [0.29, 0.717) is 6.61 Å². The van der Waals surface area contributed by atoms with Gasteiger partial charge in [0.25, 0.3) is 0 Å². The van der Waals surface area contributed by atoms with Crippen molar-refractivity contribution >= 4 is 11.9 Å². The van der Waals surface area contributed by atoms with Crippen molar-refractivity contribution in [3.8, 4) is 0 Å². The zero-order chi connectivity index (χ0) is 10.3. The third-order valence-electron chi connectivity index (χ3n) is 1.31. The van der Waals surface area contributed by atoms with E-state index in [1.54, 1.807) is 6.92 Å². The molecule has 76 valence electrons. The van der Waals surface area contributed by atoms with Crippen LogP contribution in [0.3, 0.4) is 0 Å². The molecule has 0 aromatic heterocycles. The Kier molecular flexibility index (Phi) is 5.82. The summed E-state index contributed by atoms with van der Waals surface area (Å²) in [5, 5.41) is 16.9. The van der Waals surface area contributed by atoms with E-state index in [-0.39, 0.29) is 12.8 Å². The number of carboxylic acid groups (broad SMARTS) is 2. The lowest BCUT2D eigenvalue weighted by molar-refractivity contribution is -0.145. The molecule has 0 amide bonds. The van der Waals surface area contributed by atoms with Crippen LogP contribution >= 0.6 is 0 Å². The highest BCUT2D eigenvalue weighted by Crippen LogP contribution is 1.97. The van der Waals surface area contributed by atoms with Crippen LogP contribution in [0.25, 0.3) is 0 Å². The standard InChI is InChI=1S/C7H13NO5/c1-2-13-8-5(7(11)12)3-4-6(9)10/h5,8H,2-4H2,1H3,(H,9,10)(H,11,12). The minimum Gasteiger partial charge on any atom is -0.481 e. The Hall–Kier alpha value is -1.14. The summed E-state index contributed by atoms with van der Waals surface area (Å²) in [6, 6.07) is -0.962. The molecule has 1 atom stereocenters. The third-order valence-corrected chi connectivity index (χ3v) is 1.31. The average Bonchev–Trinajstić information content (AvgIpc) is 2.03. The molecular weight excluding hydrogens is 178 g/mol. The number of hydrogen-bond donors (Lipinski definition) is 3. The van der Waals surface area contributed by atoms with E-state index in [2.05, 4.69) is 10.3 Å². The minimum absolute atomic E-state index is 0.00463. The van der Waals surface area contributed by atoms with Gasteiger partial charge in [-0.25, -0.2) is 0 Å². The molecule has 6 heteroatoms. The molecule has 0 saturated carbocycles. The molecule has 0 rings (SSSR count). The van der Waals surface area contributed by atoms with E-state index in [1.165, 1.54) is 0 Å². The van der Waals surface area contributed by atoms with Crippen LogP contribution in [-0.4, -0.2) is 34.8 Å². The highest BCUT2D eigenvalue weighted by molar-refractivity contribution is 5.74. The van der Waals surface area contributed by atoms with Gasteiger partial charge in [-0.3, -0.25) is 9.59 Å². The lowest BCUT2D eigenvalue weighted by Gasteiger charge is -2.11. The number of hydrogen-bond acceptors (Lipinski definition) is 4. The van der Waals surface area contributed by atoms with Crippen LogP contribution in [0.15, 0.2) is 0 Å². The molecule has 0 radical (unpaired) electrons. The first-order valence-corrected chi connectivity index (χ1v) is 3.89. The number of nitrogens with one attached hydrogen (secondary N) is 1. The van der Waals surface area contributed by atoms with Crippen LogP contribution in [0, 0.1) is 0 Å². The molecule has 0 aromatic rings. The van der Waals surface area contributed by atoms with E-state index in [9.17, 15) is 9.59 Å². The maximum atomic E-state index is 10.5. The third kappa shape index (κ3) is 6.06. The molecule has 6 nitrogen and oxygen atoms in total. The number of rotatable bonds is 7. The van der Waals surface area contributed by atoms with Crippen LogP contribution in [-0.2, 0) is 14.4 Å². The summed E-state index contributed by atoms with van der Waals surface area (Å²) in [6.45, 7) is 2.03. The summed E-state index contributed by atoms with van der Waals surface area (Å²) in [5.74, 6) is -2.14. The number of hydroxylamine groups is 1. The lowest BCUT2D eigenvalue weighted by atomic mass is 10.2. The number of carboxylic acids is 2. The zero-order valence-electron chi connectivity index (χ0n) is 7.32. The van der Waals surface area contributed by atoms with E-state index in [1.807, 2.05) is 0 Å². The fourth-order valence-corrected chi connectivity index (χ4v) is 0.685. The maximum Gasteiger partial charge on any atom is 0.323 e. The first-order valence-electron chi connectivity index (χ1n) is 3.89. The molecular formula is C7H13NO5. The Morgan fingerprint density at radius 1 is 1.46 bits per heavy atom. The van der Waals surface area contributed by atoms with Crippen molar-refractivity contribution in [3.63, 3.8) is 0 Å². The van der Waals surface area contributed by atoms with Crippen molar-refractivity contribution in [2.45, 2.75) is 25.8 Å². The normalized spacial score (nSPS) is 12.4. The summed E-state index contributed by atoms with van der Waals surface area (Å²) >= 11 is 0. The molecule has 0 aliphatic carbocycles. The molecule has 0 heterocycles. The molecule has 0 aliphatic heterocycles. The van der Waals surface area contributed by atoms with E-state index in [0.717, 1.165) is 0 Å². The summed E-state index contributed by atoms with van der Waals surface area (Å²) in [5.41, 5.74) is 2.26. The quantitative estimate of drug-likeness (QED) is 0.484. The van der Waals surface area contributed by atoms with Gasteiger partial charge in [0.05, 0.1) is 6.61 Å². The van der Waals surface area contributed by atoms with Gasteiger partial charge in [0.15, 0.2) is 0 Å². The van der Waals surface area contributed by atoms with Gasteiger partial charge >= 0.3 is 11.9 Å². The molecule has 13 heavy (non-hydrogen) atoms. The van der Waals surface area contributed by atoms with Gasteiger partial charge in [-0.15, -0.1) is 0 Å². The second-order valence-electron chi connectivity index (χ2n) is 2.37. The van der Waals surface area contributed by atoms with Crippen LogP contribution in [0.5, 0.6) is 0 Å². The van der Waals surface area contributed by atoms with Gasteiger partial charge in [0.1, 0.15) is 6.04 Å². The van der Waals surface area contributed by atoms with Gasteiger partial charge in [0, 0.05) is 6.42 Å². The fraction of sp³-hybridized carbons (Fsp3) is 0.714. The summed E-state index contributed by atoms with van der Waals surface area (Å²) in [6.07, 6.45) is -0.193. The highest BCUT2D eigenvalue weighted by Gasteiger charge is 2.17. The zero-order valence-corrected chi connectivity index (χ0v) is 7.32. The monoisotopic (exact) mass is 191 g/mol. The lowest BCUT2D eigenvalue weighted by Crippen LogP contribution is -2.37. The molecule has 3 N–H and O–H groups in total. The molecule has 0 bridgehead atoms. The maximum absolute atomic E-state index is 10.5. The smallest absolute Gasteiger partial charge is 0.323 e. The van der Waals surface area contributed by atoms with E-state index in [4.69, 9.17) is 10.2 Å². The second-order valence-corrected chi connectivity index (χ2v) is 2.37. The van der Waals surface area contributed by atoms with Crippen LogP contribution in [0.1, 0.15) is 19.8 Å². The molecule has 0 aliphatic rings. The average molecular weight is 191 g/mol. The Morgan fingerprint density at radius 3 is 2.46 bits per heavy atom. The van der Waals surface area contributed by atoms with Crippen molar-refractivity contribution in [1.29, 1.82) is 0 Å².